The minimum Gasteiger partial charge on any atom is -0.497 e. The van der Waals surface area contributed by atoms with Gasteiger partial charge in [0.05, 0.1) is 19.8 Å². The van der Waals surface area contributed by atoms with Crippen molar-refractivity contribution in [3.8, 4) is 5.75 Å². The molecule has 2 amide bonds. The Hall–Kier alpha value is -3.32. The Kier molecular flexibility index (Phi) is 6.52. The second-order valence-electron chi connectivity index (χ2n) is 7.74. The Balaban J connectivity index is 1.55. The van der Waals surface area contributed by atoms with E-state index in [1.165, 1.54) is 0 Å². The summed E-state index contributed by atoms with van der Waals surface area (Å²) < 4.78 is 11.0. The third-order valence-electron chi connectivity index (χ3n) is 5.51. The fourth-order valence-corrected chi connectivity index (χ4v) is 3.82. The maximum Gasteiger partial charge on any atom is 0.318 e. The van der Waals surface area contributed by atoms with E-state index >= 15 is 0 Å². The average Bonchev–Trinajstić information content (AvgIpc) is 3.31. The highest BCUT2D eigenvalue weighted by Crippen LogP contribution is 2.20. The molecule has 2 heterocycles. The number of hydrogen-bond donors (Lipinski definition) is 2. The summed E-state index contributed by atoms with van der Waals surface area (Å²) in [7, 11) is 1.61. The molecule has 162 valence electrons. The van der Waals surface area contributed by atoms with Gasteiger partial charge in [0, 0.05) is 36.2 Å². The van der Waals surface area contributed by atoms with Gasteiger partial charge >= 0.3 is 6.03 Å². The zero-order valence-electron chi connectivity index (χ0n) is 17.6. The maximum absolute atomic E-state index is 13.0. The Labute approximate surface area is 181 Å². The minimum atomic E-state index is -0.218. The Morgan fingerprint density at radius 1 is 1.23 bits per heavy atom. The van der Waals surface area contributed by atoms with Crippen molar-refractivity contribution < 1.29 is 14.3 Å². The van der Waals surface area contributed by atoms with E-state index in [0.29, 0.717) is 31.0 Å². The molecule has 2 aromatic carbocycles. The molecular weight excluding hydrogens is 394 g/mol. The molecule has 0 radical (unpaired) electrons. The number of fused-ring (bicyclic) bond motifs is 1. The monoisotopic (exact) mass is 421 g/mol. The van der Waals surface area contributed by atoms with Crippen LogP contribution in [-0.4, -0.2) is 42.3 Å². The van der Waals surface area contributed by atoms with Gasteiger partial charge in [0.1, 0.15) is 5.75 Å². The third kappa shape index (κ3) is 5.24. The summed E-state index contributed by atoms with van der Waals surface area (Å²) in [5.74, 6) is 0.710. The Bertz CT molecular complexity index is 1090. The highest BCUT2D eigenvalue weighted by Gasteiger charge is 2.23. The smallest absolute Gasteiger partial charge is 0.318 e. The number of amides is 2. The number of methoxy groups -OCH3 is 1. The number of urea groups is 1. The zero-order chi connectivity index (χ0) is 21.6. The molecule has 1 aromatic heterocycles. The lowest BCUT2D eigenvalue weighted by atomic mass is 10.1. The first-order valence-electron chi connectivity index (χ1n) is 10.5. The highest BCUT2D eigenvalue weighted by atomic mass is 16.5. The van der Waals surface area contributed by atoms with E-state index in [-0.39, 0.29) is 24.2 Å². The minimum absolute atomic E-state index is 0.0119. The van der Waals surface area contributed by atoms with Gasteiger partial charge in [0.25, 0.3) is 5.56 Å². The highest BCUT2D eigenvalue weighted by molar-refractivity contribution is 5.81. The summed E-state index contributed by atoms with van der Waals surface area (Å²) in [6.45, 7) is 1.77. The van der Waals surface area contributed by atoms with E-state index < -0.39 is 0 Å². The van der Waals surface area contributed by atoms with Crippen LogP contribution in [0.2, 0.25) is 0 Å². The van der Waals surface area contributed by atoms with Gasteiger partial charge in [-0.3, -0.25) is 4.79 Å². The van der Waals surface area contributed by atoms with Crippen molar-refractivity contribution >= 4 is 16.9 Å². The molecule has 0 saturated carbocycles. The first-order valence-corrected chi connectivity index (χ1v) is 10.5. The summed E-state index contributed by atoms with van der Waals surface area (Å²) in [5, 5.41) is 3.82. The predicted octanol–water partition coefficient (Wildman–Crippen LogP) is 3.43. The fraction of sp³-hybridized carbons (Fsp3) is 0.333. The summed E-state index contributed by atoms with van der Waals surface area (Å²) in [6.07, 6.45) is 1.89. The van der Waals surface area contributed by atoms with Crippen molar-refractivity contribution in [2.24, 2.45) is 0 Å². The van der Waals surface area contributed by atoms with Crippen LogP contribution in [-0.2, 0) is 17.8 Å². The number of pyridine rings is 1. The lowest BCUT2D eigenvalue weighted by molar-refractivity contribution is 0.0793. The fourth-order valence-electron chi connectivity index (χ4n) is 3.82. The third-order valence-corrected chi connectivity index (χ3v) is 5.51. The number of aromatic amines is 1. The molecule has 2 N–H and O–H groups in total. The number of carbonyl (C=O) groups is 1. The molecule has 1 aliphatic rings. The molecule has 0 aliphatic carbocycles. The summed E-state index contributed by atoms with van der Waals surface area (Å²) >= 11 is 0. The largest absolute Gasteiger partial charge is 0.497 e. The molecule has 1 aliphatic heterocycles. The molecule has 4 rings (SSSR count). The summed E-state index contributed by atoms with van der Waals surface area (Å²) in [6, 6.07) is 16.8. The van der Waals surface area contributed by atoms with Crippen LogP contribution in [0.4, 0.5) is 4.79 Å². The number of H-pyrrole nitrogens is 1. The van der Waals surface area contributed by atoms with Crippen molar-refractivity contribution in [3.05, 3.63) is 76.1 Å². The molecule has 31 heavy (non-hydrogen) atoms. The van der Waals surface area contributed by atoms with E-state index in [2.05, 4.69) is 10.3 Å². The lowest BCUT2D eigenvalue weighted by Crippen LogP contribution is -2.43. The normalized spacial score (nSPS) is 15.7. The van der Waals surface area contributed by atoms with Crippen molar-refractivity contribution in [2.75, 3.05) is 20.3 Å². The van der Waals surface area contributed by atoms with E-state index in [1.54, 1.807) is 18.1 Å². The zero-order valence-corrected chi connectivity index (χ0v) is 17.6. The summed E-state index contributed by atoms with van der Waals surface area (Å²) in [5.41, 5.74) is 2.07. The SMILES string of the molecule is COc1ccc2[nH]c(=O)c(CN(CC3CCCO3)C(=O)NCc3ccccc3)cc2c1. The van der Waals surface area contributed by atoms with Crippen LogP contribution >= 0.6 is 0 Å². The molecule has 1 saturated heterocycles. The number of carbonyl (C=O) groups excluding carboxylic acids is 1. The first-order chi connectivity index (χ1) is 15.1. The number of nitrogens with zero attached hydrogens (tertiary/aromatic N) is 1. The van der Waals surface area contributed by atoms with Crippen LogP contribution in [0, 0.1) is 0 Å². The molecule has 1 fully saturated rings. The summed E-state index contributed by atoms with van der Waals surface area (Å²) in [4.78, 5) is 30.3. The van der Waals surface area contributed by atoms with Gasteiger partial charge in [-0.2, -0.15) is 0 Å². The van der Waals surface area contributed by atoms with Gasteiger partial charge in [0.2, 0.25) is 0 Å². The number of rotatable bonds is 7. The van der Waals surface area contributed by atoms with Gasteiger partial charge < -0.3 is 24.7 Å². The molecule has 0 spiro atoms. The molecule has 0 bridgehead atoms. The molecule has 1 atom stereocenters. The number of benzene rings is 2. The van der Waals surface area contributed by atoms with E-state index in [4.69, 9.17) is 9.47 Å². The van der Waals surface area contributed by atoms with Gasteiger partial charge in [-0.05, 0) is 42.7 Å². The Morgan fingerprint density at radius 3 is 2.81 bits per heavy atom. The number of aromatic nitrogens is 1. The Morgan fingerprint density at radius 2 is 2.06 bits per heavy atom. The van der Waals surface area contributed by atoms with Crippen LogP contribution in [0.25, 0.3) is 10.9 Å². The van der Waals surface area contributed by atoms with Gasteiger partial charge in [0.15, 0.2) is 0 Å². The quantitative estimate of drug-likeness (QED) is 0.612. The number of nitrogens with one attached hydrogen (secondary N) is 2. The van der Waals surface area contributed by atoms with Crippen molar-refractivity contribution in [1.29, 1.82) is 0 Å². The predicted molar refractivity (Wildman–Crippen MR) is 119 cm³/mol. The molecule has 7 nitrogen and oxygen atoms in total. The van der Waals surface area contributed by atoms with Crippen LogP contribution in [0.15, 0.2) is 59.4 Å². The molecule has 3 aromatic rings. The number of hydrogen-bond acceptors (Lipinski definition) is 4. The maximum atomic E-state index is 13.0. The van der Waals surface area contributed by atoms with Crippen LogP contribution in [0.5, 0.6) is 5.75 Å². The van der Waals surface area contributed by atoms with Gasteiger partial charge in [-0.15, -0.1) is 0 Å². The lowest BCUT2D eigenvalue weighted by Gasteiger charge is -2.26. The van der Waals surface area contributed by atoms with E-state index in [9.17, 15) is 9.59 Å². The van der Waals surface area contributed by atoms with E-state index in [1.807, 2.05) is 48.5 Å². The van der Waals surface area contributed by atoms with Crippen LogP contribution in [0.3, 0.4) is 0 Å². The van der Waals surface area contributed by atoms with Crippen molar-refractivity contribution in [2.45, 2.75) is 32.0 Å². The second-order valence-corrected chi connectivity index (χ2v) is 7.74. The van der Waals surface area contributed by atoms with Crippen LogP contribution in [0.1, 0.15) is 24.0 Å². The topological polar surface area (TPSA) is 83.7 Å². The van der Waals surface area contributed by atoms with E-state index in [0.717, 1.165) is 29.3 Å². The molecule has 7 heteroatoms. The average molecular weight is 421 g/mol. The van der Waals surface area contributed by atoms with Crippen molar-refractivity contribution in [1.82, 2.24) is 15.2 Å². The molecule has 1 unspecified atom stereocenters. The number of ether oxygens (including phenoxy) is 2. The second kappa shape index (κ2) is 9.66. The van der Waals surface area contributed by atoms with Crippen molar-refractivity contribution in [3.63, 3.8) is 0 Å². The van der Waals surface area contributed by atoms with Gasteiger partial charge in [-0.25, -0.2) is 4.79 Å². The standard InChI is InChI=1S/C24H27N3O4/c1-30-20-9-10-22-18(13-20)12-19(23(28)26-22)15-27(16-21-8-5-11-31-21)24(29)25-14-17-6-3-2-4-7-17/h2-4,6-7,9-10,12-13,21H,5,8,11,14-16H2,1H3,(H,25,29)(H,26,28). The van der Waals surface area contributed by atoms with Crippen LogP contribution < -0.4 is 15.6 Å². The van der Waals surface area contributed by atoms with Gasteiger partial charge in [-0.1, -0.05) is 30.3 Å². The first kappa shape index (κ1) is 20.9. The molecular formula is C24H27N3O4.